The summed E-state index contributed by atoms with van der Waals surface area (Å²) in [6, 6.07) is 11.6. The van der Waals surface area contributed by atoms with Gasteiger partial charge in [0.2, 0.25) is 0 Å². The summed E-state index contributed by atoms with van der Waals surface area (Å²) < 4.78 is 12.1. The van der Waals surface area contributed by atoms with Crippen molar-refractivity contribution >= 4 is 45.0 Å². The fraction of sp³-hybridized carbons (Fsp3) is 0.417. The Kier molecular flexibility index (Phi) is 8.48. The highest BCUT2D eigenvalue weighted by Gasteiger charge is 2.23. The van der Waals surface area contributed by atoms with Gasteiger partial charge in [0.15, 0.2) is 5.13 Å². The minimum atomic E-state index is -0.0373. The topological polar surface area (TPSA) is 54.9 Å². The lowest BCUT2D eigenvalue weighted by Gasteiger charge is -2.29. The summed E-state index contributed by atoms with van der Waals surface area (Å²) in [5.41, 5.74) is 4.00. The van der Waals surface area contributed by atoms with Crippen LogP contribution in [0.2, 0.25) is 0 Å². The zero-order chi connectivity index (χ0) is 21.8. The van der Waals surface area contributed by atoms with Gasteiger partial charge in [-0.15, -0.1) is 12.4 Å². The quantitative estimate of drug-likeness (QED) is 0.495. The number of carbonyl (C=O) groups excluding carboxylic acids is 1. The van der Waals surface area contributed by atoms with E-state index in [0.717, 1.165) is 53.9 Å². The van der Waals surface area contributed by atoms with Crippen molar-refractivity contribution in [1.29, 1.82) is 0 Å². The molecule has 0 bridgehead atoms. The van der Waals surface area contributed by atoms with E-state index in [2.05, 4.69) is 30.9 Å². The van der Waals surface area contributed by atoms with Crippen LogP contribution in [0, 0.1) is 13.8 Å². The smallest absolute Gasteiger partial charge is 0.260 e. The molecule has 1 fully saturated rings. The standard InChI is InChI=1S/C24H29N3O3S.ClH/c1-4-30-20-8-6-19(7-9-20)23(28)27(12-11-26-13-15-29-16-14-26)24-25-22-18(3)17(2)5-10-21(22)31-24;/h5-10H,4,11-16H2,1-3H3;1H. The largest absolute Gasteiger partial charge is 0.494 e. The molecule has 2 aromatic carbocycles. The number of carbonyl (C=O) groups is 1. The Hall–Kier alpha value is -2.19. The number of anilines is 1. The van der Waals surface area contributed by atoms with Crippen molar-refractivity contribution in [2.75, 3.05) is 50.9 Å². The van der Waals surface area contributed by atoms with Gasteiger partial charge in [-0.3, -0.25) is 14.6 Å². The third-order valence-corrected chi connectivity index (χ3v) is 6.75. The van der Waals surface area contributed by atoms with Crippen LogP contribution in [0.15, 0.2) is 36.4 Å². The van der Waals surface area contributed by atoms with Crippen LogP contribution in [0.3, 0.4) is 0 Å². The summed E-state index contributed by atoms with van der Waals surface area (Å²) in [5, 5.41) is 0.746. The highest BCUT2D eigenvalue weighted by molar-refractivity contribution is 7.22. The first-order chi connectivity index (χ1) is 15.1. The molecule has 0 saturated carbocycles. The molecule has 0 unspecified atom stereocenters. The Morgan fingerprint density at radius 3 is 2.56 bits per heavy atom. The number of aromatic nitrogens is 1. The van der Waals surface area contributed by atoms with Gasteiger partial charge in [-0.1, -0.05) is 17.4 Å². The van der Waals surface area contributed by atoms with Crippen molar-refractivity contribution in [2.24, 2.45) is 0 Å². The lowest BCUT2D eigenvalue weighted by Crippen LogP contribution is -2.43. The number of amides is 1. The lowest BCUT2D eigenvalue weighted by atomic mass is 10.1. The number of nitrogens with zero attached hydrogens (tertiary/aromatic N) is 3. The molecular weight excluding hydrogens is 446 g/mol. The molecule has 1 aromatic heterocycles. The molecular formula is C24H30ClN3O3S. The van der Waals surface area contributed by atoms with Gasteiger partial charge >= 0.3 is 0 Å². The lowest BCUT2D eigenvalue weighted by molar-refractivity contribution is 0.0391. The van der Waals surface area contributed by atoms with Crippen molar-refractivity contribution in [3.8, 4) is 5.75 Å². The van der Waals surface area contributed by atoms with Gasteiger partial charge in [0, 0.05) is 31.7 Å². The monoisotopic (exact) mass is 475 g/mol. The SMILES string of the molecule is CCOc1ccc(C(=O)N(CCN2CCOCC2)c2nc3c(C)c(C)ccc3s2)cc1.Cl. The average Bonchev–Trinajstić information content (AvgIpc) is 3.22. The maximum Gasteiger partial charge on any atom is 0.260 e. The van der Waals surface area contributed by atoms with E-state index < -0.39 is 0 Å². The Morgan fingerprint density at radius 2 is 1.88 bits per heavy atom. The molecule has 0 spiro atoms. The summed E-state index contributed by atoms with van der Waals surface area (Å²) in [6.07, 6.45) is 0. The molecule has 1 aliphatic rings. The van der Waals surface area contributed by atoms with Crippen molar-refractivity contribution in [3.63, 3.8) is 0 Å². The molecule has 3 aromatic rings. The molecule has 0 N–H and O–H groups in total. The zero-order valence-corrected chi connectivity index (χ0v) is 20.4. The first-order valence-corrected chi connectivity index (χ1v) is 11.6. The normalized spacial score (nSPS) is 14.2. The molecule has 6 nitrogen and oxygen atoms in total. The van der Waals surface area contributed by atoms with Gasteiger partial charge in [0.1, 0.15) is 5.75 Å². The maximum atomic E-state index is 13.5. The molecule has 1 aliphatic heterocycles. The molecule has 1 saturated heterocycles. The van der Waals surface area contributed by atoms with Crippen molar-refractivity contribution < 1.29 is 14.3 Å². The summed E-state index contributed by atoms with van der Waals surface area (Å²) >= 11 is 1.58. The first-order valence-electron chi connectivity index (χ1n) is 10.8. The second-order valence-corrected chi connectivity index (χ2v) is 8.73. The van der Waals surface area contributed by atoms with Crippen molar-refractivity contribution in [1.82, 2.24) is 9.88 Å². The average molecular weight is 476 g/mol. The van der Waals surface area contributed by atoms with Gasteiger partial charge in [-0.05, 0) is 62.2 Å². The molecule has 0 radical (unpaired) electrons. The van der Waals surface area contributed by atoms with E-state index in [4.69, 9.17) is 14.5 Å². The molecule has 8 heteroatoms. The Labute approximate surface area is 199 Å². The second-order valence-electron chi connectivity index (χ2n) is 7.72. The molecule has 4 rings (SSSR count). The Bertz CT molecular complexity index is 1050. The summed E-state index contributed by atoms with van der Waals surface area (Å²) in [7, 11) is 0. The van der Waals surface area contributed by atoms with Crippen LogP contribution in [0.1, 0.15) is 28.4 Å². The van der Waals surface area contributed by atoms with E-state index in [1.165, 1.54) is 11.1 Å². The van der Waals surface area contributed by atoms with E-state index in [-0.39, 0.29) is 18.3 Å². The third kappa shape index (κ3) is 5.41. The van der Waals surface area contributed by atoms with E-state index in [0.29, 0.717) is 18.7 Å². The van der Waals surface area contributed by atoms with Crippen molar-refractivity contribution in [3.05, 3.63) is 53.1 Å². The van der Waals surface area contributed by atoms with Gasteiger partial charge in [-0.25, -0.2) is 4.98 Å². The maximum absolute atomic E-state index is 13.5. The minimum Gasteiger partial charge on any atom is -0.494 e. The van der Waals surface area contributed by atoms with Gasteiger partial charge in [-0.2, -0.15) is 0 Å². The first kappa shape index (κ1) is 24.5. The Morgan fingerprint density at radius 1 is 1.16 bits per heavy atom. The van der Waals surface area contributed by atoms with Crippen LogP contribution in [0.5, 0.6) is 5.75 Å². The number of morpholine rings is 1. The predicted octanol–water partition coefficient (Wildman–Crippen LogP) is 4.71. The van der Waals surface area contributed by atoms with E-state index in [9.17, 15) is 4.79 Å². The Balaban J connectivity index is 0.00000289. The van der Waals surface area contributed by atoms with Crippen LogP contribution < -0.4 is 9.64 Å². The van der Waals surface area contributed by atoms with Crippen LogP contribution in [-0.2, 0) is 4.74 Å². The third-order valence-electron chi connectivity index (χ3n) is 5.71. The minimum absolute atomic E-state index is 0. The number of benzene rings is 2. The molecule has 2 heterocycles. The summed E-state index contributed by atoms with van der Waals surface area (Å²) in [4.78, 5) is 22.6. The number of ether oxygens (including phenoxy) is 2. The number of aryl methyl sites for hydroxylation is 2. The molecule has 32 heavy (non-hydrogen) atoms. The summed E-state index contributed by atoms with van der Waals surface area (Å²) in [5.74, 6) is 0.731. The number of hydrogen-bond donors (Lipinski definition) is 0. The van der Waals surface area contributed by atoms with E-state index in [1.807, 2.05) is 36.1 Å². The summed E-state index contributed by atoms with van der Waals surface area (Å²) in [6.45, 7) is 11.4. The number of rotatable bonds is 7. The van der Waals surface area contributed by atoms with E-state index >= 15 is 0 Å². The van der Waals surface area contributed by atoms with Crippen LogP contribution in [-0.4, -0.2) is 61.8 Å². The second kappa shape index (κ2) is 11.1. The van der Waals surface area contributed by atoms with Crippen LogP contribution >= 0.6 is 23.7 Å². The number of halogens is 1. The molecule has 0 aliphatic carbocycles. The highest BCUT2D eigenvalue weighted by Crippen LogP contribution is 2.32. The fourth-order valence-corrected chi connectivity index (χ4v) is 4.75. The number of thiazole rings is 1. The van der Waals surface area contributed by atoms with Crippen LogP contribution in [0.4, 0.5) is 5.13 Å². The van der Waals surface area contributed by atoms with Crippen LogP contribution in [0.25, 0.3) is 10.2 Å². The zero-order valence-electron chi connectivity index (χ0n) is 18.8. The highest BCUT2D eigenvalue weighted by atomic mass is 35.5. The van der Waals surface area contributed by atoms with Gasteiger partial charge in [0.05, 0.1) is 30.0 Å². The van der Waals surface area contributed by atoms with Gasteiger partial charge < -0.3 is 9.47 Å². The van der Waals surface area contributed by atoms with Crippen molar-refractivity contribution in [2.45, 2.75) is 20.8 Å². The number of fused-ring (bicyclic) bond motifs is 1. The number of hydrogen-bond acceptors (Lipinski definition) is 6. The van der Waals surface area contributed by atoms with Gasteiger partial charge in [0.25, 0.3) is 5.91 Å². The molecule has 0 atom stereocenters. The predicted molar refractivity (Wildman–Crippen MR) is 133 cm³/mol. The molecule has 1 amide bonds. The fourth-order valence-electron chi connectivity index (χ4n) is 3.70. The van der Waals surface area contributed by atoms with E-state index in [1.54, 1.807) is 11.3 Å². The molecule has 172 valence electrons.